The van der Waals surface area contributed by atoms with Crippen molar-refractivity contribution in [2.75, 3.05) is 5.32 Å². The van der Waals surface area contributed by atoms with Crippen molar-refractivity contribution in [3.8, 4) is 0 Å². The molecule has 1 atom stereocenters. The molecule has 9 heteroatoms. The highest BCUT2D eigenvalue weighted by atomic mass is 32.2. The van der Waals surface area contributed by atoms with Crippen molar-refractivity contribution in [2.45, 2.75) is 31.2 Å². The standard InChI is InChI=1S/C16H17F2N3O3S/c1-3-10(2)21-25(23,24)13-4-5-15(18)14(7-13)16(22)20-12-6-11(17)8-19-9-12/h4-10,21H,3H2,1-2H3,(H,20,22)/t10-/m1/s1. The summed E-state index contributed by atoms with van der Waals surface area (Å²) in [5.41, 5.74) is -0.452. The van der Waals surface area contributed by atoms with Crippen molar-refractivity contribution in [3.63, 3.8) is 0 Å². The Bertz CT molecular complexity index is 888. The molecule has 0 saturated carbocycles. The quantitative estimate of drug-likeness (QED) is 0.819. The number of amides is 1. The van der Waals surface area contributed by atoms with Gasteiger partial charge in [-0.05, 0) is 31.5 Å². The van der Waals surface area contributed by atoms with E-state index in [4.69, 9.17) is 0 Å². The van der Waals surface area contributed by atoms with Gasteiger partial charge in [0.1, 0.15) is 11.6 Å². The lowest BCUT2D eigenvalue weighted by atomic mass is 10.2. The van der Waals surface area contributed by atoms with Gasteiger partial charge in [0.05, 0.1) is 28.5 Å². The molecule has 0 aliphatic rings. The monoisotopic (exact) mass is 369 g/mol. The Kier molecular flexibility index (Phi) is 5.81. The lowest BCUT2D eigenvalue weighted by molar-refractivity contribution is 0.102. The van der Waals surface area contributed by atoms with E-state index in [0.29, 0.717) is 6.42 Å². The molecule has 1 aromatic carbocycles. The second-order valence-corrected chi connectivity index (χ2v) is 7.13. The van der Waals surface area contributed by atoms with E-state index in [2.05, 4.69) is 15.0 Å². The topological polar surface area (TPSA) is 88.2 Å². The second kappa shape index (κ2) is 7.66. The molecule has 2 rings (SSSR count). The van der Waals surface area contributed by atoms with E-state index < -0.39 is 33.1 Å². The molecule has 0 bridgehead atoms. The zero-order valence-corrected chi connectivity index (χ0v) is 14.4. The number of rotatable bonds is 6. The number of halogens is 2. The molecular weight excluding hydrogens is 352 g/mol. The largest absolute Gasteiger partial charge is 0.320 e. The Hall–Kier alpha value is -2.39. The first-order valence-electron chi connectivity index (χ1n) is 7.46. The average molecular weight is 369 g/mol. The molecule has 1 amide bonds. The zero-order chi connectivity index (χ0) is 18.6. The Balaban J connectivity index is 2.31. The van der Waals surface area contributed by atoms with Gasteiger partial charge in [-0.1, -0.05) is 6.92 Å². The van der Waals surface area contributed by atoms with Crippen LogP contribution in [0.4, 0.5) is 14.5 Å². The van der Waals surface area contributed by atoms with Crippen LogP contribution in [0.1, 0.15) is 30.6 Å². The Morgan fingerprint density at radius 1 is 1.24 bits per heavy atom. The SMILES string of the molecule is CC[C@@H](C)NS(=O)(=O)c1ccc(F)c(C(=O)Nc2cncc(F)c2)c1. The second-order valence-electron chi connectivity index (χ2n) is 5.42. The highest BCUT2D eigenvalue weighted by Crippen LogP contribution is 2.18. The molecule has 0 aliphatic carbocycles. The molecule has 25 heavy (non-hydrogen) atoms. The molecule has 0 spiro atoms. The van der Waals surface area contributed by atoms with Gasteiger partial charge in [-0.15, -0.1) is 0 Å². The third-order valence-electron chi connectivity index (χ3n) is 3.42. The molecule has 2 N–H and O–H groups in total. The molecule has 1 aromatic heterocycles. The number of aromatic nitrogens is 1. The summed E-state index contributed by atoms with van der Waals surface area (Å²) in [6.07, 6.45) is 2.70. The summed E-state index contributed by atoms with van der Waals surface area (Å²) in [5.74, 6) is -2.48. The van der Waals surface area contributed by atoms with Crippen LogP contribution in [0.3, 0.4) is 0 Å². The molecule has 134 valence electrons. The smallest absolute Gasteiger partial charge is 0.258 e. The molecule has 6 nitrogen and oxygen atoms in total. The minimum absolute atomic E-state index is 0.0235. The van der Waals surface area contributed by atoms with Gasteiger partial charge >= 0.3 is 0 Å². The summed E-state index contributed by atoms with van der Waals surface area (Å²) in [5, 5.41) is 2.27. The van der Waals surface area contributed by atoms with Gasteiger partial charge < -0.3 is 5.32 Å². The van der Waals surface area contributed by atoms with Crippen LogP contribution >= 0.6 is 0 Å². The van der Waals surface area contributed by atoms with Crippen LogP contribution in [-0.2, 0) is 10.0 Å². The number of benzene rings is 1. The number of sulfonamides is 1. The van der Waals surface area contributed by atoms with Gasteiger partial charge in [-0.25, -0.2) is 21.9 Å². The van der Waals surface area contributed by atoms with Crippen molar-refractivity contribution in [2.24, 2.45) is 0 Å². The van der Waals surface area contributed by atoms with Crippen molar-refractivity contribution in [1.82, 2.24) is 9.71 Å². The van der Waals surface area contributed by atoms with E-state index in [0.717, 1.165) is 30.5 Å². The van der Waals surface area contributed by atoms with Crippen molar-refractivity contribution >= 4 is 21.6 Å². The van der Waals surface area contributed by atoms with E-state index in [9.17, 15) is 22.0 Å². The maximum absolute atomic E-state index is 14.0. The van der Waals surface area contributed by atoms with Crippen LogP contribution in [0.25, 0.3) is 0 Å². The zero-order valence-electron chi connectivity index (χ0n) is 13.6. The van der Waals surface area contributed by atoms with E-state index >= 15 is 0 Å². The number of carbonyl (C=O) groups is 1. The van der Waals surface area contributed by atoms with Crippen LogP contribution < -0.4 is 10.0 Å². The fraction of sp³-hybridized carbons (Fsp3) is 0.250. The maximum atomic E-state index is 14.0. The van der Waals surface area contributed by atoms with Gasteiger partial charge in [-0.2, -0.15) is 0 Å². The van der Waals surface area contributed by atoms with E-state index in [1.807, 2.05) is 6.92 Å². The van der Waals surface area contributed by atoms with Crippen molar-refractivity contribution in [1.29, 1.82) is 0 Å². The van der Waals surface area contributed by atoms with Gasteiger partial charge in [0.2, 0.25) is 10.0 Å². The number of nitrogens with zero attached hydrogens (tertiary/aromatic N) is 1. The van der Waals surface area contributed by atoms with Gasteiger partial charge in [0.15, 0.2) is 0 Å². The lowest BCUT2D eigenvalue weighted by Gasteiger charge is -2.13. The molecule has 0 unspecified atom stereocenters. The Labute approximate surface area is 144 Å². The number of hydrogen-bond donors (Lipinski definition) is 2. The van der Waals surface area contributed by atoms with Crippen LogP contribution in [-0.4, -0.2) is 25.4 Å². The predicted molar refractivity (Wildman–Crippen MR) is 88.6 cm³/mol. The Morgan fingerprint density at radius 2 is 1.96 bits per heavy atom. The molecule has 0 aliphatic heterocycles. The van der Waals surface area contributed by atoms with Crippen LogP contribution in [0.5, 0.6) is 0 Å². The number of anilines is 1. The molecule has 0 radical (unpaired) electrons. The normalized spacial score (nSPS) is 12.6. The summed E-state index contributed by atoms with van der Waals surface area (Å²) >= 11 is 0. The van der Waals surface area contributed by atoms with E-state index in [1.165, 1.54) is 6.20 Å². The first kappa shape index (κ1) is 18.9. The van der Waals surface area contributed by atoms with E-state index in [-0.39, 0.29) is 16.6 Å². The third kappa shape index (κ3) is 4.80. The highest BCUT2D eigenvalue weighted by molar-refractivity contribution is 7.89. The molecule has 1 heterocycles. The summed E-state index contributed by atoms with van der Waals surface area (Å²) in [6.45, 7) is 3.50. The molecule has 2 aromatic rings. The van der Waals surface area contributed by atoms with Crippen LogP contribution in [0.2, 0.25) is 0 Å². The van der Waals surface area contributed by atoms with Gasteiger partial charge in [-0.3, -0.25) is 9.78 Å². The minimum Gasteiger partial charge on any atom is -0.320 e. The lowest BCUT2D eigenvalue weighted by Crippen LogP contribution is -2.32. The summed E-state index contributed by atoms with van der Waals surface area (Å²) < 4.78 is 54.0. The van der Waals surface area contributed by atoms with Crippen LogP contribution in [0.15, 0.2) is 41.6 Å². The maximum Gasteiger partial charge on any atom is 0.258 e. The van der Waals surface area contributed by atoms with E-state index in [1.54, 1.807) is 6.92 Å². The summed E-state index contributed by atoms with van der Waals surface area (Å²) in [6, 6.07) is 3.59. The first-order chi connectivity index (χ1) is 11.7. The van der Waals surface area contributed by atoms with Crippen molar-refractivity contribution in [3.05, 3.63) is 53.9 Å². The van der Waals surface area contributed by atoms with Crippen molar-refractivity contribution < 1.29 is 22.0 Å². The number of nitrogens with one attached hydrogen (secondary N) is 2. The van der Waals surface area contributed by atoms with Gasteiger partial charge in [0, 0.05) is 12.1 Å². The fourth-order valence-corrected chi connectivity index (χ4v) is 3.29. The summed E-state index contributed by atoms with van der Waals surface area (Å²) in [4.78, 5) is 15.5. The minimum atomic E-state index is -3.89. The number of hydrogen-bond acceptors (Lipinski definition) is 4. The predicted octanol–water partition coefficient (Wildman–Crippen LogP) is 2.69. The fourth-order valence-electron chi connectivity index (χ4n) is 1.94. The van der Waals surface area contributed by atoms with Crippen LogP contribution in [0, 0.1) is 11.6 Å². The molecule has 0 fully saturated rings. The van der Waals surface area contributed by atoms with Gasteiger partial charge in [0.25, 0.3) is 5.91 Å². The number of carbonyl (C=O) groups excluding carboxylic acids is 1. The average Bonchev–Trinajstić information content (AvgIpc) is 2.54. The summed E-state index contributed by atoms with van der Waals surface area (Å²) in [7, 11) is -3.89. The molecule has 0 saturated heterocycles. The first-order valence-corrected chi connectivity index (χ1v) is 8.95. The third-order valence-corrected chi connectivity index (χ3v) is 5.01. The molecular formula is C16H17F2N3O3S. The number of pyridine rings is 1. The highest BCUT2D eigenvalue weighted by Gasteiger charge is 2.21. The Morgan fingerprint density at radius 3 is 2.60 bits per heavy atom.